The highest BCUT2D eigenvalue weighted by molar-refractivity contribution is 5.94. The topological polar surface area (TPSA) is 203 Å². The van der Waals surface area contributed by atoms with Gasteiger partial charge in [-0.3, -0.25) is 33.8 Å². The Hall–Kier alpha value is -6.03. The second-order valence-electron chi connectivity index (χ2n) is 24.9. The van der Waals surface area contributed by atoms with Crippen LogP contribution in [0.25, 0.3) is 0 Å². The molecule has 0 radical (unpaired) electrons. The Balaban J connectivity index is 0.680. The number of rotatable bonds is 21. The first-order valence-corrected chi connectivity index (χ1v) is 29.8. The third kappa shape index (κ3) is 15.4. The maximum Gasteiger partial charge on any atom is 0.245 e. The molecular formula is C60H88F2N14O5. The molecule has 5 aliphatic heterocycles. The van der Waals surface area contributed by atoms with Gasteiger partial charge < -0.3 is 51.5 Å². The summed E-state index contributed by atoms with van der Waals surface area (Å²) in [5.74, 6) is -0.209. The number of nitrogens with one attached hydrogen (secondary N) is 6. The highest BCUT2D eigenvalue weighted by Gasteiger charge is 2.44. The molecule has 0 saturated carbocycles. The SMILES string of the molecule is CN[C@@H](C)C(=O)N[C@@H](C)C(=O)N1CC(NC(=O)CN2CC[C@H](CCN(C)CCCNc3cc(N4CCC5(CC4)CN(c4cc(F)c(CN6CCC(C)(C)CC6)cc4F)CC(=O)N5)ncn3)C2)C[C@H]1C(=O)N[C@H]1CCCc2ccccc21. The number of fused-ring (bicyclic) bond motifs is 1. The van der Waals surface area contributed by atoms with Crippen LogP contribution in [0.2, 0.25) is 0 Å². The Morgan fingerprint density at radius 3 is 2.43 bits per heavy atom. The van der Waals surface area contributed by atoms with E-state index in [2.05, 4.69) is 94.5 Å². The number of aryl methyl sites for hydroxylation is 1. The first kappa shape index (κ1) is 59.6. The molecule has 1 aliphatic carbocycles. The molecule has 6 heterocycles. The van der Waals surface area contributed by atoms with E-state index in [9.17, 15) is 24.0 Å². The number of likely N-dealkylation sites (N-methyl/N-ethyl adjacent to an activating group) is 1. The second-order valence-corrected chi connectivity index (χ2v) is 24.9. The lowest BCUT2D eigenvalue weighted by atomic mass is 9.82. The fourth-order valence-electron chi connectivity index (χ4n) is 12.9. The average molecular weight is 1120 g/mol. The minimum absolute atomic E-state index is 0.0277. The fraction of sp³-hybridized carbons (Fsp3) is 0.650. The standard InChI is InChI=1S/C60H88F2N14O5/c1-40(63-5)56(79)67-41(2)58(81)76-35-45(30-51(76)57(80)69-49-14-9-12-43-11-7-8-13-46(43)49)68-54(77)36-73-24-16-42(33-73)15-23-71(6)22-10-21-64-52-32-53(66-39-65-52)74-27-19-60(20-28-74)38-75(37-55(78)70-60)50-31-47(61)44(29-48(50)62)34-72-25-17-59(3,4)18-26-72/h7-8,11,13,29,31-32,39-42,45,49,51,63H,9-10,12,14-28,30,33-38H2,1-6H3,(H,67,79)(H,68,77)(H,69,80)(H,70,78)(H,64,65,66)/t40-,41-,42-,45?,49-,51-/m0/s1. The van der Waals surface area contributed by atoms with E-state index in [4.69, 9.17) is 0 Å². The van der Waals surface area contributed by atoms with Gasteiger partial charge >= 0.3 is 0 Å². The van der Waals surface area contributed by atoms with Crippen LogP contribution >= 0.6 is 0 Å². The Kier molecular flexibility index (Phi) is 19.5. The minimum atomic E-state index is -0.861. The van der Waals surface area contributed by atoms with Crippen molar-refractivity contribution >= 4 is 46.9 Å². The van der Waals surface area contributed by atoms with Crippen LogP contribution in [-0.4, -0.2) is 188 Å². The molecule has 6 N–H and O–H groups in total. The van der Waals surface area contributed by atoms with E-state index in [0.29, 0.717) is 50.5 Å². The van der Waals surface area contributed by atoms with E-state index >= 15 is 8.78 Å². The molecule has 442 valence electrons. The zero-order valence-electron chi connectivity index (χ0n) is 48.6. The van der Waals surface area contributed by atoms with Crippen LogP contribution in [-0.2, 0) is 36.9 Å². The van der Waals surface area contributed by atoms with Crippen LogP contribution in [0.1, 0.15) is 115 Å². The number of benzene rings is 2. The lowest BCUT2D eigenvalue weighted by Gasteiger charge is -2.48. The van der Waals surface area contributed by atoms with Crippen molar-refractivity contribution in [2.24, 2.45) is 11.3 Å². The number of carbonyl (C=O) groups excluding carboxylic acids is 5. The van der Waals surface area contributed by atoms with Crippen LogP contribution in [0.15, 0.2) is 48.8 Å². The lowest BCUT2D eigenvalue weighted by Crippen LogP contribution is -2.66. The molecular weight excluding hydrogens is 1030 g/mol. The number of amides is 5. The molecule has 21 heteroatoms. The number of likely N-dealkylation sites (tertiary alicyclic amines) is 3. The molecule has 81 heavy (non-hydrogen) atoms. The molecule has 0 bridgehead atoms. The molecule has 6 atom stereocenters. The lowest BCUT2D eigenvalue weighted by molar-refractivity contribution is -0.141. The Morgan fingerprint density at radius 1 is 0.877 bits per heavy atom. The number of carbonyl (C=O) groups is 5. The van der Waals surface area contributed by atoms with Gasteiger partial charge in [0.05, 0.1) is 36.4 Å². The van der Waals surface area contributed by atoms with Gasteiger partial charge in [0.25, 0.3) is 0 Å². The van der Waals surface area contributed by atoms with Crippen molar-refractivity contribution in [1.82, 2.24) is 56.2 Å². The van der Waals surface area contributed by atoms with Crippen LogP contribution in [0.3, 0.4) is 0 Å². The minimum Gasteiger partial charge on any atom is -0.370 e. The Labute approximate surface area is 477 Å². The third-order valence-electron chi connectivity index (χ3n) is 18.2. The summed E-state index contributed by atoms with van der Waals surface area (Å²) >= 11 is 0. The fourth-order valence-corrected chi connectivity index (χ4v) is 12.9. The van der Waals surface area contributed by atoms with Crippen molar-refractivity contribution in [2.75, 3.05) is 114 Å². The molecule has 5 saturated heterocycles. The van der Waals surface area contributed by atoms with Crippen LogP contribution in [0.4, 0.5) is 26.1 Å². The van der Waals surface area contributed by atoms with Crippen molar-refractivity contribution in [2.45, 2.75) is 141 Å². The van der Waals surface area contributed by atoms with E-state index in [-0.39, 0.29) is 72.7 Å². The van der Waals surface area contributed by atoms with Gasteiger partial charge in [-0.2, -0.15) is 0 Å². The second kappa shape index (κ2) is 26.5. The molecule has 2 aromatic carbocycles. The number of piperazine rings is 1. The van der Waals surface area contributed by atoms with Crippen LogP contribution in [0.5, 0.6) is 0 Å². The van der Waals surface area contributed by atoms with Gasteiger partial charge in [-0.25, -0.2) is 18.7 Å². The van der Waals surface area contributed by atoms with E-state index in [1.807, 2.05) is 18.2 Å². The number of hydrogen-bond acceptors (Lipinski definition) is 14. The smallest absolute Gasteiger partial charge is 0.245 e. The van der Waals surface area contributed by atoms with Gasteiger partial charge in [-0.05, 0) is 160 Å². The summed E-state index contributed by atoms with van der Waals surface area (Å²) in [5, 5.41) is 18.7. The van der Waals surface area contributed by atoms with Crippen molar-refractivity contribution in [3.63, 3.8) is 0 Å². The van der Waals surface area contributed by atoms with E-state index in [1.165, 1.54) is 22.6 Å². The van der Waals surface area contributed by atoms with Gasteiger partial charge in [0, 0.05) is 69.6 Å². The predicted molar refractivity (Wildman–Crippen MR) is 309 cm³/mol. The molecule has 5 amide bonds. The Bertz CT molecular complexity index is 2700. The summed E-state index contributed by atoms with van der Waals surface area (Å²) < 4.78 is 31.3. The van der Waals surface area contributed by atoms with Gasteiger partial charge in [-0.1, -0.05) is 38.1 Å². The van der Waals surface area contributed by atoms with Gasteiger partial charge in [0.2, 0.25) is 29.5 Å². The van der Waals surface area contributed by atoms with Gasteiger partial charge in [-0.15, -0.1) is 0 Å². The van der Waals surface area contributed by atoms with E-state index in [0.717, 1.165) is 114 Å². The van der Waals surface area contributed by atoms with Crippen molar-refractivity contribution < 1.29 is 32.8 Å². The number of nitrogens with zero attached hydrogens (tertiary/aromatic N) is 8. The third-order valence-corrected chi connectivity index (χ3v) is 18.2. The van der Waals surface area contributed by atoms with Crippen molar-refractivity contribution in [3.05, 3.63) is 77.1 Å². The molecule has 9 rings (SSSR count). The summed E-state index contributed by atoms with van der Waals surface area (Å²) in [6.07, 6.45) is 10.8. The molecule has 6 aliphatic rings. The summed E-state index contributed by atoms with van der Waals surface area (Å²) in [6.45, 7) is 16.2. The highest BCUT2D eigenvalue weighted by Crippen LogP contribution is 2.35. The van der Waals surface area contributed by atoms with E-state index in [1.54, 1.807) is 32.1 Å². The zero-order chi connectivity index (χ0) is 57.4. The zero-order valence-corrected chi connectivity index (χ0v) is 48.6. The van der Waals surface area contributed by atoms with Gasteiger partial charge in [0.15, 0.2) is 0 Å². The van der Waals surface area contributed by atoms with Crippen LogP contribution < -0.4 is 41.7 Å². The molecule has 1 unspecified atom stereocenters. The van der Waals surface area contributed by atoms with E-state index < -0.39 is 41.3 Å². The van der Waals surface area contributed by atoms with Gasteiger partial charge in [0.1, 0.15) is 41.7 Å². The largest absolute Gasteiger partial charge is 0.370 e. The normalized spacial score (nSPS) is 23.7. The van der Waals surface area contributed by atoms with Crippen molar-refractivity contribution in [3.8, 4) is 0 Å². The van der Waals surface area contributed by atoms with Crippen molar-refractivity contribution in [1.29, 1.82) is 0 Å². The summed E-state index contributed by atoms with van der Waals surface area (Å²) in [5.41, 5.74) is 2.49. The molecule has 5 fully saturated rings. The predicted octanol–water partition coefficient (Wildman–Crippen LogP) is 4.19. The summed E-state index contributed by atoms with van der Waals surface area (Å²) in [6, 6.07) is 9.96. The highest BCUT2D eigenvalue weighted by atomic mass is 19.1. The maximum atomic E-state index is 15.8. The number of aromatic nitrogens is 2. The molecule has 19 nitrogen and oxygen atoms in total. The molecule has 3 aromatic rings. The maximum absolute atomic E-state index is 15.8. The number of hydrogen-bond donors (Lipinski definition) is 6. The Morgan fingerprint density at radius 2 is 1.65 bits per heavy atom. The number of halogens is 2. The number of anilines is 3. The monoisotopic (exact) mass is 1120 g/mol. The summed E-state index contributed by atoms with van der Waals surface area (Å²) in [7, 11) is 3.81. The first-order valence-electron chi connectivity index (χ1n) is 29.8. The molecule has 1 aromatic heterocycles. The average Bonchev–Trinajstić information content (AvgIpc) is 4.11. The van der Waals surface area contributed by atoms with Crippen LogP contribution in [0, 0.1) is 23.0 Å². The molecule has 1 spiro atoms. The first-order chi connectivity index (χ1) is 38.8. The number of piperidine rings is 2. The summed E-state index contributed by atoms with van der Waals surface area (Å²) in [4.78, 5) is 88.6. The quantitative estimate of drug-likeness (QED) is 0.0830.